The molecule has 0 radical (unpaired) electrons. The Morgan fingerprint density at radius 3 is 2.21 bits per heavy atom. The van der Waals surface area contributed by atoms with Crippen molar-refractivity contribution in [2.75, 3.05) is 13.1 Å². The SMILES string of the molecule is O=C1N=N/C(=C(/c2ccccc2)N2CCCCC2)c2ccccc21. The van der Waals surface area contributed by atoms with Gasteiger partial charge in [-0.25, -0.2) is 0 Å². The average Bonchev–Trinajstić information content (AvgIpc) is 2.66. The standard InChI is InChI=1S/C20H19N3O/c24-20-17-12-6-5-11-16(17)18(21-22-20)19(15-9-3-1-4-10-15)23-13-7-2-8-14-23/h1,3-6,9-12H,2,7-8,13-14H2/b19-18-. The van der Waals surface area contributed by atoms with E-state index in [0.717, 1.165) is 35.6 Å². The van der Waals surface area contributed by atoms with Gasteiger partial charge in [-0.2, -0.15) is 0 Å². The van der Waals surface area contributed by atoms with Crippen molar-refractivity contribution < 1.29 is 4.79 Å². The lowest BCUT2D eigenvalue weighted by molar-refractivity contribution is 0.0992. The third-order valence-corrected chi connectivity index (χ3v) is 4.60. The molecule has 0 bridgehead atoms. The number of carbonyl (C=O) groups excluding carboxylic acids is 1. The maximum atomic E-state index is 12.1. The molecular formula is C20H19N3O. The third kappa shape index (κ3) is 2.64. The number of fused-ring (bicyclic) bond motifs is 1. The van der Waals surface area contributed by atoms with Crippen LogP contribution in [0.1, 0.15) is 40.7 Å². The highest BCUT2D eigenvalue weighted by molar-refractivity contribution is 6.05. The van der Waals surface area contributed by atoms with Gasteiger partial charge < -0.3 is 4.90 Å². The molecule has 2 aliphatic rings. The van der Waals surface area contributed by atoms with Crippen LogP contribution in [0.3, 0.4) is 0 Å². The van der Waals surface area contributed by atoms with E-state index in [2.05, 4.69) is 27.3 Å². The second-order valence-corrected chi connectivity index (χ2v) is 6.16. The molecule has 0 saturated carbocycles. The van der Waals surface area contributed by atoms with Crippen LogP contribution in [0.2, 0.25) is 0 Å². The number of likely N-dealkylation sites (tertiary alicyclic amines) is 1. The van der Waals surface area contributed by atoms with Crippen molar-refractivity contribution in [3.63, 3.8) is 0 Å². The van der Waals surface area contributed by atoms with Crippen LogP contribution in [0.4, 0.5) is 0 Å². The fraction of sp³-hybridized carbons (Fsp3) is 0.250. The van der Waals surface area contributed by atoms with Gasteiger partial charge in [-0.05, 0) is 25.3 Å². The monoisotopic (exact) mass is 317 g/mol. The molecule has 1 amide bonds. The number of rotatable bonds is 2. The van der Waals surface area contributed by atoms with Gasteiger partial charge in [0.25, 0.3) is 5.91 Å². The van der Waals surface area contributed by atoms with Gasteiger partial charge in [0.1, 0.15) is 5.70 Å². The summed E-state index contributed by atoms with van der Waals surface area (Å²) in [7, 11) is 0. The Labute approximate surface area is 141 Å². The Morgan fingerprint density at radius 1 is 0.792 bits per heavy atom. The van der Waals surface area contributed by atoms with Gasteiger partial charge in [0.2, 0.25) is 0 Å². The van der Waals surface area contributed by atoms with Crippen molar-refractivity contribution in [2.45, 2.75) is 19.3 Å². The fourth-order valence-electron chi connectivity index (χ4n) is 3.44. The van der Waals surface area contributed by atoms with Crippen LogP contribution in [0.5, 0.6) is 0 Å². The normalized spacial score (nSPS) is 19.2. The van der Waals surface area contributed by atoms with E-state index < -0.39 is 0 Å². The second kappa shape index (κ2) is 6.40. The topological polar surface area (TPSA) is 45.0 Å². The predicted molar refractivity (Wildman–Crippen MR) is 94.3 cm³/mol. The van der Waals surface area contributed by atoms with Crippen LogP contribution in [-0.4, -0.2) is 23.9 Å². The van der Waals surface area contributed by atoms with Crippen LogP contribution in [0, 0.1) is 0 Å². The Balaban J connectivity index is 1.93. The molecule has 2 aromatic rings. The Hall–Kier alpha value is -2.75. The van der Waals surface area contributed by atoms with Gasteiger partial charge >= 0.3 is 0 Å². The molecule has 1 saturated heterocycles. The van der Waals surface area contributed by atoms with Crippen molar-refractivity contribution in [1.82, 2.24) is 4.90 Å². The van der Waals surface area contributed by atoms with Gasteiger partial charge in [0, 0.05) is 24.2 Å². The van der Waals surface area contributed by atoms with E-state index in [-0.39, 0.29) is 5.91 Å². The molecule has 0 atom stereocenters. The molecule has 0 aromatic heterocycles. The third-order valence-electron chi connectivity index (χ3n) is 4.60. The summed E-state index contributed by atoms with van der Waals surface area (Å²) in [6.45, 7) is 2.03. The first kappa shape index (κ1) is 14.8. The Morgan fingerprint density at radius 2 is 1.46 bits per heavy atom. The van der Waals surface area contributed by atoms with E-state index in [1.165, 1.54) is 19.3 Å². The predicted octanol–water partition coefficient (Wildman–Crippen LogP) is 4.60. The summed E-state index contributed by atoms with van der Waals surface area (Å²) in [5.74, 6) is -0.264. The lowest BCUT2D eigenvalue weighted by Gasteiger charge is -2.32. The largest absolute Gasteiger partial charge is 0.369 e. The van der Waals surface area contributed by atoms with E-state index in [0.29, 0.717) is 5.56 Å². The molecule has 0 unspecified atom stereocenters. The first-order valence-corrected chi connectivity index (χ1v) is 8.45. The summed E-state index contributed by atoms with van der Waals surface area (Å²) in [5.41, 5.74) is 4.52. The molecule has 4 heteroatoms. The quantitative estimate of drug-likeness (QED) is 0.812. The van der Waals surface area contributed by atoms with E-state index in [1.54, 1.807) is 0 Å². The number of hydrogen-bond donors (Lipinski definition) is 0. The molecule has 2 aliphatic heterocycles. The van der Waals surface area contributed by atoms with Gasteiger partial charge in [-0.3, -0.25) is 4.79 Å². The molecular weight excluding hydrogens is 298 g/mol. The molecule has 1 fully saturated rings. The molecule has 2 aromatic carbocycles. The summed E-state index contributed by atoms with van der Waals surface area (Å²) in [6, 6.07) is 17.9. The van der Waals surface area contributed by atoms with Crippen molar-refractivity contribution >= 4 is 17.3 Å². The molecule has 0 spiro atoms. The molecule has 2 heterocycles. The zero-order valence-electron chi connectivity index (χ0n) is 13.5. The molecule has 0 aliphatic carbocycles. The first-order chi connectivity index (χ1) is 11.8. The first-order valence-electron chi connectivity index (χ1n) is 8.45. The van der Waals surface area contributed by atoms with E-state index in [9.17, 15) is 4.79 Å². The van der Waals surface area contributed by atoms with Crippen molar-refractivity contribution in [3.05, 3.63) is 71.3 Å². The second-order valence-electron chi connectivity index (χ2n) is 6.16. The fourth-order valence-corrected chi connectivity index (χ4v) is 3.44. The minimum atomic E-state index is -0.264. The van der Waals surface area contributed by atoms with Crippen molar-refractivity contribution in [2.24, 2.45) is 10.2 Å². The van der Waals surface area contributed by atoms with Crippen LogP contribution in [0.15, 0.2) is 64.8 Å². The summed E-state index contributed by atoms with van der Waals surface area (Å²) >= 11 is 0. The summed E-state index contributed by atoms with van der Waals surface area (Å²) in [5, 5.41) is 8.21. The van der Waals surface area contributed by atoms with E-state index in [4.69, 9.17) is 0 Å². The summed E-state index contributed by atoms with van der Waals surface area (Å²) in [6.07, 6.45) is 3.63. The number of carbonyl (C=O) groups is 1. The Bertz CT molecular complexity index is 818. The molecule has 0 N–H and O–H groups in total. The van der Waals surface area contributed by atoms with Gasteiger partial charge in [0.15, 0.2) is 0 Å². The highest BCUT2D eigenvalue weighted by Crippen LogP contribution is 2.36. The lowest BCUT2D eigenvalue weighted by atomic mass is 9.97. The zero-order valence-corrected chi connectivity index (χ0v) is 13.5. The van der Waals surface area contributed by atoms with E-state index in [1.807, 2.05) is 42.5 Å². The Kier molecular flexibility index (Phi) is 3.95. The highest BCUT2D eigenvalue weighted by Gasteiger charge is 2.26. The zero-order chi connectivity index (χ0) is 16.4. The van der Waals surface area contributed by atoms with Crippen LogP contribution < -0.4 is 0 Å². The average molecular weight is 317 g/mol. The van der Waals surface area contributed by atoms with Gasteiger partial charge in [0.05, 0.1) is 11.3 Å². The lowest BCUT2D eigenvalue weighted by Crippen LogP contribution is -2.29. The van der Waals surface area contributed by atoms with Crippen molar-refractivity contribution in [3.8, 4) is 0 Å². The maximum absolute atomic E-state index is 12.1. The molecule has 4 nitrogen and oxygen atoms in total. The van der Waals surface area contributed by atoms with Gasteiger partial charge in [-0.15, -0.1) is 10.2 Å². The number of hydrogen-bond acceptors (Lipinski definition) is 3. The summed E-state index contributed by atoms with van der Waals surface area (Å²) in [4.78, 5) is 14.5. The number of azo groups is 1. The number of amides is 1. The minimum Gasteiger partial charge on any atom is -0.369 e. The van der Waals surface area contributed by atoms with Crippen LogP contribution in [0.25, 0.3) is 11.4 Å². The van der Waals surface area contributed by atoms with E-state index >= 15 is 0 Å². The van der Waals surface area contributed by atoms with Crippen molar-refractivity contribution in [1.29, 1.82) is 0 Å². The molecule has 24 heavy (non-hydrogen) atoms. The minimum absolute atomic E-state index is 0.264. The molecule has 120 valence electrons. The highest BCUT2D eigenvalue weighted by atomic mass is 16.1. The number of benzene rings is 2. The number of piperidine rings is 1. The smallest absolute Gasteiger partial charge is 0.296 e. The number of nitrogens with zero attached hydrogens (tertiary/aromatic N) is 3. The van der Waals surface area contributed by atoms with Gasteiger partial charge in [-0.1, -0.05) is 48.5 Å². The molecule has 4 rings (SSSR count). The maximum Gasteiger partial charge on any atom is 0.296 e. The summed E-state index contributed by atoms with van der Waals surface area (Å²) < 4.78 is 0. The van der Waals surface area contributed by atoms with Crippen LogP contribution >= 0.6 is 0 Å². The van der Waals surface area contributed by atoms with Crippen LogP contribution in [-0.2, 0) is 0 Å².